The molecule has 1 fully saturated rings. The third kappa shape index (κ3) is 8.12. The van der Waals surface area contributed by atoms with Gasteiger partial charge < -0.3 is 15.0 Å². The molecular weight excluding hydrogens is 400 g/mol. The van der Waals surface area contributed by atoms with Gasteiger partial charge in [-0.15, -0.1) is 0 Å². The number of nitrogens with one attached hydrogen (secondary N) is 1. The average molecular weight is 437 g/mol. The molecule has 1 saturated heterocycles. The summed E-state index contributed by atoms with van der Waals surface area (Å²) in [5, 5.41) is 3.27. The summed E-state index contributed by atoms with van der Waals surface area (Å²) in [4.78, 5) is 27.3. The van der Waals surface area contributed by atoms with E-state index in [1.807, 2.05) is 30.3 Å². The van der Waals surface area contributed by atoms with Gasteiger partial charge in [0, 0.05) is 31.0 Å². The number of methoxy groups -OCH3 is 1. The number of carbonyl (C=O) groups is 2. The maximum Gasteiger partial charge on any atom is 0.220 e. The van der Waals surface area contributed by atoms with Gasteiger partial charge in [0.1, 0.15) is 5.75 Å². The number of likely N-dealkylation sites (tertiary alicyclic amines) is 1. The minimum Gasteiger partial charge on any atom is -0.497 e. The van der Waals surface area contributed by atoms with Gasteiger partial charge in [-0.25, -0.2) is 0 Å². The predicted molar refractivity (Wildman–Crippen MR) is 128 cm³/mol. The first-order chi connectivity index (χ1) is 15.6. The van der Waals surface area contributed by atoms with Crippen LogP contribution in [0.25, 0.3) is 0 Å². The topological polar surface area (TPSA) is 58.6 Å². The lowest BCUT2D eigenvalue weighted by molar-refractivity contribution is -0.122. The van der Waals surface area contributed by atoms with Crippen LogP contribution in [0.2, 0.25) is 0 Å². The van der Waals surface area contributed by atoms with E-state index >= 15 is 0 Å². The summed E-state index contributed by atoms with van der Waals surface area (Å²) in [5.41, 5.74) is 1.98. The lowest BCUT2D eigenvalue weighted by atomic mass is 10.0. The molecule has 1 N–H and O–H groups in total. The van der Waals surface area contributed by atoms with E-state index in [1.54, 1.807) is 7.11 Å². The Kier molecular flexibility index (Phi) is 9.76. The van der Waals surface area contributed by atoms with Crippen LogP contribution in [0.5, 0.6) is 5.75 Å². The van der Waals surface area contributed by atoms with Gasteiger partial charge in [0.05, 0.1) is 7.11 Å². The Hall–Kier alpha value is -2.66. The van der Waals surface area contributed by atoms with Crippen LogP contribution >= 0.6 is 0 Å². The van der Waals surface area contributed by atoms with E-state index in [9.17, 15) is 9.59 Å². The van der Waals surface area contributed by atoms with Crippen LogP contribution in [0, 0.1) is 0 Å². The first-order valence-electron chi connectivity index (χ1n) is 11.9. The largest absolute Gasteiger partial charge is 0.497 e. The Bertz CT molecular complexity index is 830. The van der Waals surface area contributed by atoms with Crippen LogP contribution in [0.3, 0.4) is 0 Å². The molecule has 0 saturated carbocycles. The minimum absolute atomic E-state index is 0.117. The highest BCUT2D eigenvalue weighted by Gasteiger charge is 2.19. The molecule has 0 radical (unpaired) electrons. The molecule has 5 nitrogen and oxygen atoms in total. The van der Waals surface area contributed by atoms with E-state index in [2.05, 4.69) is 34.5 Å². The summed E-state index contributed by atoms with van der Waals surface area (Å²) in [6.45, 7) is 3.17. The fourth-order valence-electron chi connectivity index (χ4n) is 4.31. The Balaban J connectivity index is 1.37. The van der Waals surface area contributed by atoms with Crippen molar-refractivity contribution < 1.29 is 14.3 Å². The van der Waals surface area contributed by atoms with Crippen molar-refractivity contribution in [3.05, 3.63) is 65.7 Å². The second-order valence-electron chi connectivity index (χ2n) is 8.67. The summed E-state index contributed by atoms with van der Waals surface area (Å²) in [7, 11) is 1.61. The number of carbonyl (C=O) groups excluding carboxylic acids is 2. The SMILES string of the molecule is COc1ccc(C(=O)CCCCCC(=O)N[C@@H](Cc2ccccc2)CN2CCCC2)cc1. The molecule has 2 aromatic carbocycles. The van der Waals surface area contributed by atoms with Gasteiger partial charge >= 0.3 is 0 Å². The molecule has 5 heteroatoms. The third-order valence-electron chi connectivity index (χ3n) is 6.09. The summed E-state index contributed by atoms with van der Waals surface area (Å²) < 4.78 is 5.13. The maximum absolute atomic E-state index is 12.6. The van der Waals surface area contributed by atoms with Crippen molar-refractivity contribution in [3.63, 3.8) is 0 Å². The van der Waals surface area contributed by atoms with Crippen LogP contribution in [-0.4, -0.2) is 49.4 Å². The highest BCUT2D eigenvalue weighted by atomic mass is 16.5. The predicted octanol–water partition coefficient (Wildman–Crippen LogP) is 4.65. The molecule has 2 aromatic rings. The second-order valence-corrected chi connectivity index (χ2v) is 8.67. The van der Waals surface area contributed by atoms with E-state index in [1.165, 1.54) is 18.4 Å². The Morgan fingerprint density at radius 1 is 0.938 bits per heavy atom. The summed E-state index contributed by atoms with van der Waals surface area (Å²) >= 11 is 0. The number of rotatable bonds is 13. The van der Waals surface area contributed by atoms with E-state index in [4.69, 9.17) is 4.74 Å². The molecule has 0 aromatic heterocycles. The molecule has 1 heterocycles. The summed E-state index contributed by atoms with van der Waals surface area (Å²) in [5.74, 6) is 1.01. The molecule has 172 valence electrons. The van der Waals surface area contributed by atoms with E-state index in [-0.39, 0.29) is 17.7 Å². The molecule has 1 amide bonds. The van der Waals surface area contributed by atoms with Crippen molar-refractivity contribution in [2.75, 3.05) is 26.7 Å². The normalized spacial score (nSPS) is 14.8. The van der Waals surface area contributed by atoms with Gasteiger partial charge in [-0.3, -0.25) is 9.59 Å². The molecule has 32 heavy (non-hydrogen) atoms. The van der Waals surface area contributed by atoms with E-state index < -0.39 is 0 Å². The zero-order valence-corrected chi connectivity index (χ0v) is 19.2. The van der Waals surface area contributed by atoms with Gasteiger partial charge in [-0.05, 0) is 75.0 Å². The van der Waals surface area contributed by atoms with E-state index in [0.717, 1.165) is 51.1 Å². The number of unbranched alkanes of at least 4 members (excludes halogenated alkanes) is 2. The monoisotopic (exact) mass is 436 g/mol. The fourth-order valence-corrected chi connectivity index (χ4v) is 4.31. The van der Waals surface area contributed by atoms with E-state index in [0.29, 0.717) is 18.4 Å². The Morgan fingerprint density at radius 3 is 2.31 bits per heavy atom. The number of benzene rings is 2. The molecule has 0 aliphatic carbocycles. The Labute approximate surface area is 192 Å². The number of hydrogen-bond acceptors (Lipinski definition) is 4. The maximum atomic E-state index is 12.6. The summed E-state index contributed by atoms with van der Waals surface area (Å²) in [6.07, 6.45) is 6.89. The zero-order chi connectivity index (χ0) is 22.6. The third-order valence-corrected chi connectivity index (χ3v) is 6.09. The molecule has 3 rings (SSSR count). The van der Waals surface area contributed by atoms with Crippen LogP contribution in [-0.2, 0) is 11.2 Å². The van der Waals surface area contributed by atoms with Crippen LogP contribution in [0.15, 0.2) is 54.6 Å². The fraction of sp³-hybridized carbons (Fsp3) is 0.481. The van der Waals surface area contributed by atoms with Gasteiger partial charge in [0.2, 0.25) is 5.91 Å². The Morgan fingerprint density at radius 2 is 1.62 bits per heavy atom. The molecule has 0 spiro atoms. The number of hydrogen-bond donors (Lipinski definition) is 1. The van der Waals surface area contributed by atoms with Gasteiger partial charge in [0.25, 0.3) is 0 Å². The molecule has 0 unspecified atom stereocenters. The summed E-state index contributed by atoms with van der Waals surface area (Å²) in [6, 6.07) is 17.8. The van der Waals surface area contributed by atoms with Gasteiger partial charge in [0.15, 0.2) is 5.78 Å². The highest BCUT2D eigenvalue weighted by Crippen LogP contribution is 2.15. The lowest BCUT2D eigenvalue weighted by Gasteiger charge is -2.24. The van der Waals surface area contributed by atoms with Gasteiger partial charge in [-0.2, -0.15) is 0 Å². The highest BCUT2D eigenvalue weighted by molar-refractivity contribution is 5.96. The number of ketones is 1. The quantitative estimate of drug-likeness (QED) is 0.367. The van der Waals surface area contributed by atoms with Crippen molar-refractivity contribution in [2.45, 2.75) is 57.4 Å². The lowest BCUT2D eigenvalue weighted by Crippen LogP contribution is -2.44. The van der Waals surface area contributed by atoms with Crippen molar-refractivity contribution in [1.29, 1.82) is 0 Å². The van der Waals surface area contributed by atoms with Crippen LogP contribution in [0.1, 0.15) is 60.9 Å². The molecule has 0 bridgehead atoms. The average Bonchev–Trinajstić information content (AvgIpc) is 3.32. The smallest absolute Gasteiger partial charge is 0.220 e. The van der Waals surface area contributed by atoms with Crippen molar-refractivity contribution in [1.82, 2.24) is 10.2 Å². The zero-order valence-electron chi connectivity index (χ0n) is 19.2. The second kappa shape index (κ2) is 13.0. The number of nitrogens with zero attached hydrogens (tertiary/aromatic N) is 1. The molecule has 1 atom stereocenters. The first kappa shape index (κ1) is 24.0. The van der Waals surface area contributed by atoms with Gasteiger partial charge in [-0.1, -0.05) is 36.8 Å². The number of Topliss-reactive ketones (excluding diaryl/α,β-unsaturated/α-hetero) is 1. The standard InChI is InChI=1S/C27H36N2O3/c1-32-25-16-14-23(15-17-25)26(30)12-6-3-7-13-27(31)28-24(21-29-18-8-9-19-29)20-22-10-4-2-5-11-22/h2,4-5,10-11,14-17,24H,3,6-9,12-13,18-21H2,1H3,(H,28,31)/t24-/m0/s1. The molecule has 1 aliphatic rings. The van der Waals surface area contributed by atoms with Crippen LogP contribution < -0.4 is 10.1 Å². The van der Waals surface area contributed by atoms with Crippen molar-refractivity contribution >= 4 is 11.7 Å². The van der Waals surface area contributed by atoms with Crippen molar-refractivity contribution in [3.8, 4) is 5.75 Å². The van der Waals surface area contributed by atoms with Crippen LogP contribution in [0.4, 0.5) is 0 Å². The first-order valence-corrected chi connectivity index (χ1v) is 11.9. The van der Waals surface area contributed by atoms with Crippen molar-refractivity contribution in [2.24, 2.45) is 0 Å². The molecular formula is C27H36N2O3. The molecule has 1 aliphatic heterocycles. The number of ether oxygens (including phenoxy) is 1. The number of amides is 1. The minimum atomic E-state index is 0.117.